The third-order valence-corrected chi connectivity index (χ3v) is 13.8. The maximum atomic E-state index is 5.40. The number of benzene rings is 8. The van der Waals surface area contributed by atoms with Crippen molar-refractivity contribution in [1.29, 1.82) is 0 Å². The summed E-state index contributed by atoms with van der Waals surface area (Å²) < 4.78 is 4.86. The second-order valence-corrected chi connectivity index (χ2v) is 17.4. The molecule has 4 heterocycles. The van der Waals surface area contributed by atoms with Crippen LogP contribution in [0.1, 0.15) is 22.9 Å². The molecule has 12 rings (SSSR count). The molecule has 1 aliphatic heterocycles. The zero-order valence-electron chi connectivity index (χ0n) is 33.1. The molecule has 11 aromatic rings. The summed E-state index contributed by atoms with van der Waals surface area (Å²) in [6.07, 6.45) is -0.372. The lowest BCUT2D eigenvalue weighted by Crippen LogP contribution is -2.33. The fourth-order valence-corrected chi connectivity index (χ4v) is 10.8. The van der Waals surface area contributed by atoms with Gasteiger partial charge in [0.15, 0.2) is 23.3 Å². The van der Waals surface area contributed by atoms with Gasteiger partial charge in [-0.3, -0.25) is 0 Å². The number of aromatic nitrogens is 3. The van der Waals surface area contributed by atoms with Crippen LogP contribution in [0.2, 0.25) is 0 Å². The zero-order valence-corrected chi connectivity index (χ0v) is 34.7. The Hall–Kier alpha value is -7.65. The fraction of sp³-hybridized carbons (Fsp3) is 0.0185. The van der Waals surface area contributed by atoms with Gasteiger partial charge in [-0.1, -0.05) is 164 Å². The van der Waals surface area contributed by atoms with Crippen LogP contribution in [-0.4, -0.2) is 26.6 Å². The summed E-state index contributed by atoms with van der Waals surface area (Å²) in [7, 11) is 0. The summed E-state index contributed by atoms with van der Waals surface area (Å²) >= 11 is 3.58. The van der Waals surface area contributed by atoms with Crippen LogP contribution in [-0.2, 0) is 0 Å². The Bertz CT molecular complexity index is 3560. The van der Waals surface area contributed by atoms with E-state index in [-0.39, 0.29) is 6.17 Å². The summed E-state index contributed by atoms with van der Waals surface area (Å²) in [5.41, 5.74) is 7.78. The van der Waals surface area contributed by atoms with Crippen molar-refractivity contribution in [1.82, 2.24) is 20.3 Å². The monoisotopic (exact) mass is 830 g/mol. The van der Waals surface area contributed by atoms with Crippen LogP contribution in [0.5, 0.6) is 0 Å². The van der Waals surface area contributed by atoms with E-state index < -0.39 is 0 Å². The van der Waals surface area contributed by atoms with Crippen molar-refractivity contribution in [2.45, 2.75) is 6.17 Å². The van der Waals surface area contributed by atoms with Crippen molar-refractivity contribution in [2.75, 3.05) is 0 Å². The zero-order chi connectivity index (χ0) is 41.0. The molecule has 0 saturated heterocycles. The van der Waals surface area contributed by atoms with Gasteiger partial charge >= 0.3 is 0 Å². The fourth-order valence-electron chi connectivity index (χ4n) is 8.49. The van der Waals surface area contributed by atoms with Crippen molar-refractivity contribution in [3.05, 3.63) is 211 Å². The van der Waals surface area contributed by atoms with Crippen LogP contribution >= 0.6 is 22.7 Å². The molecule has 0 spiro atoms. The minimum absolute atomic E-state index is 0.372. The second-order valence-electron chi connectivity index (χ2n) is 15.2. The average molecular weight is 831 g/mol. The Balaban J connectivity index is 1.11. The smallest absolute Gasteiger partial charge is 0.165 e. The van der Waals surface area contributed by atoms with Crippen LogP contribution in [0, 0.1) is 0 Å². The number of fused-ring (bicyclic) bond motifs is 6. The Morgan fingerprint density at radius 1 is 0.403 bits per heavy atom. The van der Waals surface area contributed by atoms with E-state index in [4.69, 9.17) is 24.9 Å². The number of hydrogen-bond donors (Lipinski definition) is 1. The highest BCUT2D eigenvalue weighted by molar-refractivity contribution is 7.26. The maximum Gasteiger partial charge on any atom is 0.165 e. The molecule has 0 bridgehead atoms. The number of nitrogens with one attached hydrogen (secondary N) is 1. The molecule has 1 unspecified atom stereocenters. The first-order valence-corrected chi connectivity index (χ1v) is 22.2. The van der Waals surface area contributed by atoms with Crippen LogP contribution in [0.3, 0.4) is 0 Å². The van der Waals surface area contributed by atoms with Crippen LogP contribution < -0.4 is 5.32 Å². The Labute approximate surface area is 365 Å². The SMILES string of the molecule is c1ccc(C2=NC(c3cc(-c4nc(-c5ccccc5)nc(-c5cccc6c5sc5ccccc56)n4)ccc3-c3cccc4sc5ccccc5c34)=NC(c3ccccc3)N2)cc1. The quantitative estimate of drug-likeness (QED) is 0.174. The third-order valence-electron chi connectivity index (χ3n) is 11.4. The van der Waals surface area contributed by atoms with Gasteiger partial charge in [0.05, 0.1) is 0 Å². The highest BCUT2D eigenvalue weighted by atomic mass is 32.1. The summed E-state index contributed by atoms with van der Waals surface area (Å²) in [6.45, 7) is 0. The number of nitrogens with zero attached hydrogens (tertiary/aromatic N) is 5. The molecule has 3 aromatic heterocycles. The average Bonchev–Trinajstić information content (AvgIpc) is 3.93. The van der Waals surface area contributed by atoms with Gasteiger partial charge in [0.25, 0.3) is 0 Å². The van der Waals surface area contributed by atoms with Crippen molar-refractivity contribution in [2.24, 2.45) is 9.98 Å². The molecule has 1 N–H and O–H groups in total. The number of thiophene rings is 2. The van der Waals surface area contributed by atoms with Gasteiger partial charge in [0, 0.05) is 68.2 Å². The third kappa shape index (κ3) is 6.36. The van der Waals surface area contributed by atoms with Gasteiger partial charge < -0.3 is 5.32 Å². The van der Waals surface area contributed by atoms with E-state index in [2.05, 4.69) is 157 Å². The van der Waals surface area contributed by atoms with Crippen LogP contribution in [0.4, 0.5) is 0 Å². The standard InChI is InChI=1S/C54H34N6S2/c1-4-16-33(17-5-1)49-55-50(34-18-6-2-7-19-34)59-54(58-49)43-32-36(30-31-37(43)39-24-15-29-46-47(39)41-23-11-13-28-45(41)61-46)52-56-51(35-20-8-3-9-21-35)57-53(60-52)42-26-14-25-40-38-22-10-12-27-44(38)62-48(40)42/h1-32,49H,(H,55,58,59). The normalized spacial score (nSPS) is 14.0. The van der Waals surface area contributed by atoms with Crippen molar-refractivity contribution in [3.8, 4) is 45.3 Å². The van der Waals surface area contributed by atoms with Crippen LogP contribution in [0.25, 0.3) is 85.6 Å². The predicted molar refractivity (Wildman–Crippen MR) is 259 cm³/mol. The number of amidine groups is 2. The molecule has 8 aromatic carbocycles. The summed E-state index contributed by atoms with van der Waals surface area (Å²) in [4.78, 5) is 26.4. The largest absolute Gasteiger partial charge is 0.344 e. The number of aliphatic imine (C=N–C) groups is 2. The molecule has 8 heteroatoms. The minimum Gasteiger partial charge on any atom is -0.344 e. The Morgan fingerprint density at radius 2 is 1.00 bits per heavy atom. The molecule has 62 heavy (non-hydrogen) atoms. The van der Waals surface area contributed by atoms with Gasteiger partial charge in [0.1, 0.15) is 12.0 Å². The predicted octanol–water partition coefficient (Wildman–Crippen LogP) is 13.8. The van der Waals surface area contributed by atoms with E-state index in [1.165, 1.54) is 35.6 Å². The lowest BCUT2D eigenvalue weighted by Gasteiger charge is -2.24. The van der Waals surface area contributed by atoms with E-state index in [1.807, 2.05) is 53.8 Å². The van der Waals surface area contributed by atoms with Crippen LogP contribution in [0.15, 0.2) is 204 Å². The van der Waals surface area contributed by atoms with Gasteiger partial charge in [-0.15, -0.1) is 22.7 Å². The lowest BCUT2D eigenvalue weighted by molar-refractivity contribution is 0.674. The molecule has 0 amide bonds. The van der Waals surface area contributed by atoms with Gasteiger partial charge in [0.2, 0.25) is 0 Å². The summed E-state index contributed by atoms with van der Waals surface area (Å²) in [5, 5.41) is 8.51. The molecular weight excluding hydrogens is 797 g/mol. The van der Waals surface area contributed by atoms with Crippen molar-refractivity contribution in [3.63, 3.8) is 0 Å². The van der Waals surface area contributed by atoms with Gasteiger partial charge in [-0.2, -0.15) is 0 Å². The summed E-state index contributed by atoms with van der Waals surface area (Å²) in [6, 6.07) is 67.5. The molecule has 1 atom stereocenters. The molecule has 292 valence electrons. The highest BCUT2D eigenvalue weighted by Crippen LogP contribution is 2.43. The second kappa shape index (κ2) is 15.1. The topological polar surface area (TPSA) is 75.4 Å². The van der Waals surface area contributed by atoms with Gasteiger partial charge in [-0.05, 0) is 47.0 Å². The van der Waals surface area contributed by atoms with E-state index in [0.717, 1.165) is 55.0 Å². The molecule has 6 nitrogen and oxygen atoms in total. The molecular formula is C54H34N6S2. The molecule has 0 saturated carbocycles. The first kappa shape index (κ1) is 36.2. The molecule has 1 aliphatic rings. The van der Waals surface area contributed by atoms with E-state index in [1.54, 1.807) is 11.3 Å². The number of hydrogen-bond acceptors (Lipinski definition) is 8. The minimum atomic E-state index is -0.372. The Morgan fingerprint density at radius 3 is 1.79 bits per heavy atom. The van der Waals surface area contributed by atoms with Crippen molar-refractivity contribution < 1.29 is 0 Å². The van der Waals surface area contributed by atoms with E-state index >= 15 is 0 Å². The first-order valence-electron chi connectivity index (χ1n) is 20.5. The molecule has 0 fully saturated rings. The lowest BCUT2D eigenvalue weighted by atomic mass is 9.93. The first-order chi connectivity index (χ1) is 30.7. The molecule has 0 aliphatic carbocycles. The van der Waals surface area contributed by atoms with E-state index in [9.17, 15) is 0 Å². The highest BCUT2D eigenvalue weighted by Gasteiger charge is 2.25. The van der Waals surface area contributed by atoms with Crippen molar-refractivity contribution >= 4 is 74.7 Å². The van der Waals surface area contributed by atoms with Gasteiger partial charge in [-0.25, -0.2) is 24.9 Å². The van der Waals surface area contributed by atoms with E-state index in [0.29, 0.717) is 23.3 Å². The Kier molecular flexibility index (Phi) is 8.83. The number of rotatable bonds is 7. The maximum absolute atomic E-state index is 5.40. The summed E-state index contributed by atoms with van der Waals surface area (Å²) in [5.74, 6) is 3.18. The molecule has 0 radical (unpaired) electrons.